The van der Waals surface area contributed by atoms with Gasteiger partial charge in [0.1, 0.15) is 0 Å². The summed E-state index contributed by atoms with van der Waals surface area (Å²) in [5.41, 5.74) is -0.798. The zero-order valence-corrected chi connectivity index (χ0v) is 12.6. The molecule has 1 unspecified atom stereocenters. The van der Waals surface area contributed by atoms with E-state index in [1.54, 1.807) is 0 Å². The van der Waals surface area contributed by atoms with Gasteiger partial charge in [-0.1, -0.05) is 19.3 Å². The van der Waals surface area contributed by atoms with Crippen molar-refractivity contribution < 1.29 is 14.7 Å². The Morgan fingerprint density at radius 3 is 2.67 bits per heavy atom. The van der Waals surface area contributed by atoms with Crippen LogP contribution in [0.2, 0.25) is 0 Å². The molecule has 0 bridgehead atoms. The lowest BCUT2D eigenvalue weighted by atomic mass is 9.82. The first-order chi connectivity index (χ1) is 10.1. The summed E-state index contributed by atoms with van der Waals surface area (Å²) in [6.45, 7) is 1.35. The van der Waals surface area contributed by atoms with E-state index in [9.17, 15) is 14.7 Å². The molecule has 1 aliphatic heterocycles. The molecule has 1 atom stereocenters. The van der Waals surface area contributed by atoms with Crippen molar-refractivity contribution in [1.82, 2.24) is 10.2 Å². The van der Waals surface area contributed by atoms with Gasteiger partial charge in [0, 0.05) is 31.5 Å². The van der Waals surface area contributed by atoms with Crippen LogP contribution in [0.5, 0.6) is 0 Å². The molecule has 1 saturated heterocycles. The Balaban J connectivity index is 1.40. The number of amides is 2. The van der Waals surface area contributed by atoms with Crippen LogP contribution in [0.1, 0.15) is 57.8 Å². The highest BCUT2D eigenvalue weighted by molar-refractivity contribution is 5.80. The van der Waals surface area contributed by atoms with Gasteiger partial charge in [0.15, 0.2) is 0 Å². The fourth-order valence-corrected chi connectivity index (χ4v) is 3.69. The van der Waals surface area contributed by atoms with Crippen molar-refractivity contribution in [3.05, 3.63) is 0 Å². The van der Waals surface area contributed by atoms with Gasteiger partial charge in [-0.05, 0) is 25.7 Å². The Morgan fingerprint density at radius 2 is 2.00 bits per heavy atom. The second kappa shape index (κ2) is 5.95. The minimum Gasteiger partial charge on any atom is -0.389 e. The maximum atomic E-state index is 12.0. The van der Waals surface area contributed by atoms with Crippen LogP contribution in [0, 0.1) is 5.92 Å². The smallest absolute Gasteiger partial charge is 0.223 e. The van der Waals surface area contributed by atoms with Gasteiger partial charge in [-0.25, -0.2) is 0 Å². The monoisotopic (exact) mass is 294 g/mol. The van der Waals surface area contributed by atoms with Gasteiger partial charge in [0.2, 0.25) is 11.8 Å². The van der Waals surface area contributed by atoms with Gasteiger partial charge in [-0.2, -0.15) is 0 Å². The Morgan fingerprint density at radius 1 is 1.29 bits per heavy atom. The largest absolute Gasteiger partial charge is 0.389 e. The van der Waals surface area contributed by atoms with Gasteiger partial charge in [-0.3, -0.25) is 9.59 Å². The van der Waals surface area contributed by atoms with Crippen LogP contribution >= 0.6 is 0 Å². The van der Waals surface area contributed by atoms with Crippen molar-refractivity contribution in [3.63, 3.8) is 0 Å². The van der Waals surface area contributed by atoms with E-state index in [1.807, 2.05) is 4.90 Å². The van der Waals surface area contributed by atoms with Crippen LogP contribution in [0.3, 0.4) is 0 Å². The summed E-state index contributed by atoms with van der Waals surface area (Å²) < 4.78 is 0. The molecule has 3 fully saturated rings. The van der Waals surface area contributed by atoms with Gasteiger partial charge < -0.3 is 15.3 Å². The number of carbonyl (C=O) groups is 2. The number of carbonyl (C=O) groups excluding carboxylic acids is 2. The molecule has 3 rings (SSSR count). The molecule has 0 aromatic rings. The average Bonchev–Trinajstić information content (AvgIpc) is 3.21. The Kier molecular flexibility index (Phi) is 4.20. The quantitative estimate of drug-likeness (QED) is 0.800. The van der Waals surface area contributed by atoms with Gasteiger partial charge in [-0.15, -0.1) is 0 Å². The molecule has 2 amide bonds. The van der Waals surface area contributed by atoms with E-state index in [2.05, 4.69) is 5.32 Å². The third kappa shape index (κ3) is 3.76. The van der Waals surface area contributed by atoms with Crippen molar-refractivity contribution in [2.75, 3.05) is 13.1 Å². The van der Waals surface area contributed by atoms with Crippen molar-refractivity contribution in [2.24, 2.45) is 5.92 Å². The molecular weight excluding hydrogens is 268 g/mol. The Bertz CT molecular complexity index is 414. The predicted molar refractivity (Wildman–Crippen MR) is 78.5 cm³/mol. The summed E-state index contributed by atoms with van der Waals surface area (Å²) >= 11 is 0. The zero-order chi connectivity index (χ0) is 14.9. The Labute approximate surface area is 126 Å². The van der Waals surface area contributed by atoms with Gasteiger partial charge in [0.05, 0.1) is 12.0 Å². The lowest BCUT2D eigenvalue weighted by Gasteiger charge is -2.31. The summed E-state index contributed by atoms with van der Waals surface area (Å²) in [7, 11) is 0. The van der Waals surface area contributed by atoms with E-state index in [0.29, 0.717) is 19.0 Å². The van der Waals surface area contributed by atoms with E-state index in [1.165, 1.54) is 0 Å². The highest BCUT2D eigenvalue weighted by Gasteiger charge is 2.39. The minimum absolute atomic E-state index is 0.0725. The summed E-state index contributed by atoms with van der Waals surface area (Å²) in [6, 6.07) is 0.473. The molecule has 2 aliphatic carbocycles. The average molecular weight is 294 g/mol. The lowest BCUT2D eigenvalue weighted by Crippen LogP contribution is -2.40. The van der Waals surface area contributed by atoms with Crippen molar-refractivity contribution >= 4 is 11.8 Å². The summed E-state index contributed by atoms with van der Waals surface area (Å²) in [4.78, 5) is 25.8. The van der Waals surface area contributed by atoms with Crippen molar-refractivity contribution in [2.45, 2.75) is 69.4 Å². The first-order valence-corrected chi connectivity index (χ1v) is 8.34. The highest BCUT2D eigenvalue weighted by atomic mass is 16.3. The molecule has 21 heavy (non-hydrogen) atoms. The first kappa shape index (κ1) is 14.8. The molecule has 5 nitrogen and oxygen atoms in total. The molecule has 2 N–H and O–H groups in total. The molecular formula is C16H26N2O3. The van der Waals surface area contributed by atoms with Crippen LogP contribution in [0.15, 0.2) is 0 Å². The molecule has 3 aliphatic rings. The number of hydrogen-bond acceptors (Lipinski definition) is 3. The SMILES string of the molecule is O=C(CC1(O)CCCCC1)NCC1CC(=O)N(C2CC2)C1. The second-order valence-corrected chi connectivity index (χ2v) is 7.11. The molecule has 0 aromatic carbocycles. The second-order valence-electron chi connectivity index (χ2n) is 7.11. The number of nitrogens with zero attached hydrogens (tertiary/aromatic N) is 1. The summed E-state index contributed by atoms with van der Waals surface area (Å²) in [5.74, 6) is 0.405. The number of aliphatic hydroxyl groups is 1. The van der Waals surface area contributed by atoms with Crippen molar-refractivity contribution in [1.29, 1.82) is 0 Å². The topological polar surface area (TPSA) is 69.6 Å². The standard InChI is InChI=1S/C16H26N2O3/c19-14(9-16(21)6-2-1-3-7-16)17-10-12-8-15(20)18(11-12)13-4-5-13/h12-13,21H,1-11H2,(H,17,19). The molecule has 118 valence electrons. The third-order valence-electron chi connectivity index (χ3n) is 5.09. The highest BCUT2D eigenvalue weighted by Crippen LogP contribution is 2.33. The molecule has 5 heteroatoms. The third-order valence-corrected chi connectivity index (χ3v) is 5.09. The van der Waals surface area contributed by atoms with E-state index in [4.69, 9.17) is 0 Å². The predicted octanol–water partition coefficient (Wildman–Crippen LogP) is 1.20. The number of rotatable bonds is 5. The molecule has 0 aromatic heterocycles. The van der Waals surface area contributed by atoms with Gasteiger partial charge in [0.25, 0.3) is 0 Å². The number of likely N-dealkylation sites (tertiary alicyclic amines) is 1. The lowest BCUT2D eigenvalue weighted by molar-refractivity contribution is -0.129. The van der Waals surface area contributed by atoms with Crippen LogP contribution in [-0.4, -0.2) is 46.6 Å². The minimum atomic E-state index is -0.798. The maximum Gasteiger partial charge on any atom is 0.223 e. The van der Waals surface area contributed by atoms with Gasteiger partial charge >= 0.3 is 0 Å². The van der Waals surface area contributed by atoms with Crippen molar-refractivity contribution in [3.8, 4) is 0 Å². The number of hydrogen-bond donors (Lipinski definition) is 2. The fourth-order valence-electron chi connectivity index (χ4n) is 3.69. The summed E-state index contributed by atoms with van der Waals surface area (Å²) in [5, 5.41) is 13.3. The van der Waals surface area contributed by atoms with Crippen LogP contribution in [-0.2, 0) is 9.59 Å². The normalized spacial score (nSPS) is 28.7. The van der Waals surface area contributed by atoms with E-state index in [0.717, 1.165) is 51.5 Å². The first-order valence-electron chi connectivity index (χ1n) is 8.34. The van der Waals surface area contributed by atoms with Crippen LogP contribution < -0.4 is 5.32 Å². The van der Waals surface area contributed by atoms with E-state index < -0.39 is 5.60 Å². The fraction of sp³-hybridized carbons (Fsp3) is 0.875. The summed E-state index contributed by atoms with van der Waals surface area (Å²) in [6.07, 6.45) is 7.69. The molecule has 1 heterocycles. The molecule has 2 saturated carbocycles. The van der Waals surface area contributed by atoms with E-state index in [-0.39, 0.29) is 24.2 Å². The number of nitrogens with one attached hydrogen (secondary N) is 1. The molecule has 0 spiro atoms. The van der Waals surface area contributed by atoms with Crippen LogP contribution in [0.4, 0.5) is 0 Å². The van der Waals surface area contributed by atoms with E-state index >= 15 is 0 Å². The molecule has 0 radical (unpaired) electrons. The van der Waals surface area contributed by atoms with Crippen LogP contribution in [0.25, 0.3) is 0 Å². The maximum absolute atomic E-state index is 12.0. The Hall–Kier alpha value is -1.10. The zero-order valence-electron chi connectivity index (χ0n) is 12.6.